The fourth-order valence-electron chi connectivity index (χ4n) is 2.93. The van der Waals surface area contributed by atoms with Gasteiger partial charge in [0.2, 0.25) is 5.88 Å². The molecule has 8 nitrogen and oxygen atoms in total. The summed E-state index contributed by atoms with van der Waals surface area (Å²) in [6.45, 7) is 2.36. The van der Waals surface area contributed by atoms with Crippen LogP contribution < -0.4 is 15.8 Å². The minimum Gasteiger partial charge on any atom is -0.437 e. The molecule has 3 aromatic heterocycles. The van der Waals surface area contributed by atoms with E-state index in [-0.39, 0.29) is 0 Å². The molecule has 29 heavy (non-hydrogen) atoms. The van der Waals surface area contributed by atoms with E-state index in [2.05, 4.69) is 20.3 Å². The highest BCUT2D eigenvalue weighted by molar-refractivity contribution is 5.88. The van der Waals surface area contributed by atoms with Crippen LogP contribution in [0.5, 0.6) is 11.6 Å². The number of nitrogens with two attached hydrogens (primary N) is 1. The van der Waals surface area contributed by atoms with Crippen molar-refractivity contribution >= 4 is 22.5 Å². The minimum atomic E-state index is 0.341. The number of imidazole rings is 1. The smallest absolute Gasteiger partial charge is 0.223 e. The maximum absolute atomic E-state index is 8.99. The van der Waals surface area contributed by atoms with Crippen LogP contribution in [0.3, 0.4) is 0 Å². The number of rotatable bonds is 5. The number of hydrogen-bond donors (Lipinski definition) is 2. The van der Waals surface area contributed by atoms with Crippen molar-refractivity contribution in [3.8, 4) is 17.7 Å². The Morgan fingerprint density at radius 2 is 2.00 bits per heavy atom. The van der Waals surface area contributed by atoms with Gasteiger partial charge >= 0.3 is 0 Å². The van der Waals surface area contributed by atoms with Gasteiger partial charge in [0.05, 0.1) is 18.2 Å². The van der Waals surface area contributed by atoms with Crippen LogP contribution in [-0.2, 0) is 13.6 Å². The molecule has 3 heterocycles. The number of nitrogens with one attached hydrogen (secondary N) is 1. The zero-order valence-corrected chi connectivity index (χ0v) is 16.0. The molecule has 0 radical (unpaired) electrons. The Labute approximate surface area is 167 Å². The number of pyridine rings is 2. The van der Waals surface area contributed by atoms with Gasteiger partial charge in [-0.1, -0.05) is 12.1 Å². The van der Waals surface area contributed by atoms with Crippen molar-refractivity contribution in [2.24, 2.45) is 12.8 Å². The van der Waals surface area contributed by atoms with Crippen molar-refractivity contribution in [3.63, 3.8) is 0 Å². The van der Waals surface area contributed by atoms with E-state index in [0.717, 1.165) is 28.0 Å². The lowest BCUT2D eigenvalue weighted by Gasteiger charge is -2.12. The highest BCUT2D eigenvalue weighted by Crippen LogP contribution is 2.31. The van der Waals surface area contributed by atoms with Crippen LogP contribution in [-0.4, -0.2) is 19.5 Å². The quantitative estimate of drug-likeness (QED) is 0.540. The zero-order chi connectivity index (χ0) is 20.4. The molecule has 0 aliphatic rings. The van der Waals surface area contributed by atoms with Gasteiger partial charge in [-0.05, 0) is 36.2 Å². The van der Waals surface area contributed by atoms with Gasteiger partial charge in [0, 0.05) is 25.3 Å². The number of benzene rings is 1. The highest BCUT2D eigenvalue weighted by Gasteiger charge is 2.13. The molecule has 0 aliphatic heterocycles. The number of fused-ring (bicyclic) bond motifs is 1. The molecule has 0 atom stereocenters. The van der Waals surface area contributed by atoms with Crippen molar-refractivity contribution in [1.82, 2.24) is 19.5 Å². The summed E-state index contributed by atoms with van der Waals surface area (Å²) in [7, 11) is 1.88. The predicted octanol–water partition coefficient (Wildman–Crippen LogP) is 3.54. The molecule has 4 aromatic rings. The summed E-state index contributed by atoms with van der Waals surface area (Å²) in [5.74, 6) is 0.938. The van der Waals surface area contributed by atoms with Crippen LogP contribution in [0.15, 0.2) is 48.9 Å². The van der Waals surface area contributed by atoms with Gasteiger partial charge < -0.3 is 20.4 Å². The summed E-state index contributed by atoms with van der Waals surface area (Å²) in [6, 6.07) is 13.4. The Bertz CT molecular complexity index is 1220. The van der Waals surface area contributed by atoms with Gasteiger partial charge in [-0.25, -0.2) is 9.97 Å². The lowest BCUT2D eigenvalue weighted by atomic mass is 10.2. The zero-order valence-electron chi connectivity index (χ0n) is 16.0. The normalized spacial score (nSPS) is 10.7. The second kappa shape index (κ2) is 7.58. The molecule has 0 unspecified atom stereocenters. The molecule has 0 aliphatic carbocycles. The molecular formula is C21H19N7O. The lowest BCUT2D eigenvalue weighted by Crippen LogP contribution is -1.99. The second-order valence-electron chi connectivity index (χ2n) is 6.61. The van der Waals surface area contributed by atoms with Gasteiger partial charge in [0.15, 0.2) is 11.4 Å². The van der Waals surface area contributed by atoms with E-state index in [0.29, 0.717) is 29.5 Å². The van der Waals surface area contributed by atoms with Crippen molar-refractivity contribution in [3.05, 3.63) is 65.7 Å². The van der Waals surface area contributed by atoms with E-state index < -0.39 is 0 Å². The van der Waals surface area contributed by atoms with Crippen molar-refractivity contribution in [2.45, 2.75) is 13.5 Å². The molecule has 4 rings (SSSR count). The largest absolute Gasteiger partial charge is 0.437 e. The molecule has 0 bridgehead atoms. The number of nitrogens with zero attached hydrogens (tertiary/aromatic N) is 5. The fourth-order valence-corrected chi connectivity index (χ4v) is 2.93. The SMILES string of the molecule is Cc1cc(C#N)ncc1Oc1cc(Nc2ccc(CN)cc2)c2ncn(C)c2n1. The van der Waals surface area contributed by atoms with Crippen LogP contribution in [0, 0.1) is 18.3 Å². The van der Waals surface area contributed by atoms with Crippen molar-refractivity contribution in [2.75, 3.05) is 5.32 Å². The number of anilines is 2. The Morgan fingerprint density at radius 1 is 1.21 bits per heavy atom. The number of nitriles is 1. The predicted molar refractivity (Wildman–Crippen MR) is 110 cm³/mol. The van der Waals surface area contributed by atoms with Crippen LogP contribution in [0.2, 0.25) is 0 Å². The van der Waals surface area contributed by atoms with E-state index in [9.17, 15) is 0 Å². The summed E-state index contributed by atoms with van der Waals surface area (Å²) < 4.78 is 7.80. The Kier molecular flexibility index (Phi) is 4.81. The molecular weight excluding hydrogens is 366 g/mol. The third-order valence-electron chi connectivity index (χ3n) is 4.51. The first kappa shape index (κ1) is 18.4. The number of aryl methyl sites for hydroxylation is 2. The van der Waals surface area contributed by atoms with Gasteiger partial charge in [-0.15, -0.1) is 0 Å². The van der Waals surface area contributed by atoms with E-state index in [1.807, 2.05) is 48.9 Å². The van der Waals surface area contributed by atoms with Gasteiger partial charge in [0.25, 0.3) is 0 Å². The molecule has 144 valence electrons. The standard InChI is InChI=1S/C21H19N7O/c1-13-7-16(10-23)24-11-18(13)29-19-8-17(20-21(27-19)28(2)12-25-20)26-15-5-3-14(9-22)4-6-15/h3-8,11-12H,9,22H2,1-2H3,(H,26,27). The maximum Gasteiger partial charge on any atom is 0.223 e. The average Bonchev–Trinajstić information content (AvgIpc) is 3.11. The minimum absolute atomic E-state index is 0.341. The van der Waals surface area contributed by atoms with Gasteiger partial charge in [0.1, 0.15) is 17.3 Å². The van der Waals surface area contributed by atoms with Gasteiger partial charge in [-0.2, -0.15) is 10.2 Å². The summed E-state index contributed by atoms with van der Waals surface area (Å²) in [4.78, 5) is 13.1. The Hall–Kier alpha value is -3.96. The molecule has 8 heteroatoms. The Balaban J connectivity index is 1.72. The first-order valence-electron chi connectivity index (χ1n) is 9.00. The molecule has 0 saturated heterocycles. The van der Waals surface area contributed by atoms with E-state index in [1.165, 1.54) is 6.20 Å². The number of aromatic nitrogens is 4. The van der Waals surface area contributed by atoms with E-state index in [1.54, 1.807) is 18.5 Å². The van der Waals surface area contributed by atoms with Crippen LogP contribution in [0.4, 0.5) is 11.4 Å². The molecule has 0 spiro atoms. The molecule has 3 N–H and O–H groups in total. The molecule has 1 aromatic carbocycles. The molecule has 0 fully saturated rings. The first-order valence-corrected chi connectivity index (χ1v) is 9.00. The molecule has 0 amide bonds. The van der Waals surface area contributed by atoms with E-state index in [4.69, 9.17) is 15.7 Å². The summed E-state index contributed by atoms with van der Waals surface area (Å²) in [5, 5.41) is 12.4. The molecule has 0 saturated carbocycles. The van der Waals surface area contributed by atoms with Crippen molar-refractivity contribution < 1.29 is 4.74 Å². The fraction of sp³-hybridized carbons (Fsp3) is 0.143. The maximum atomic E-state index is 8.99. The third-order valence-corrected chi connectivity index (χ3v) is 4.51. The van der Waals surface area contributed by atoms with Crippen molar-refractivity contribution in [1.29, 1.82) is 5.26 Å². The highest BCUT2D eigenvalue weighted by atomic mass is 16.5. The van der Waals surface area contributed by atoms with Gasteiger partial charge in [-0.3, -0.25) is 0 Å². The number of ether oxygens (including phenoxy) is 1. The number of hydrogen-bond acceptors (Lipinski definition) is 7. The Morgan fingerprint density at radius 3 is 2.69 bits per heavy atom. The van der Waals surface area contributed by atoms with Crippen LogP contribution >= 0.6 is 0 Å². The van der Waals surface area contributed by atoms with E-state index >= 15 is 0 Å². The topological polar surface area (TPSA) is 115 Å². The summed E-state index contributed by atoms with van der Waals surface area (Å²) >= 11 is 0. The third kappa shape index (κ3) is 3.72. The monoisotopic (exact) mass is 385 g/mol. The van der Waals surface area contributed by atoms with Crippen LogP contribution in [0.25, 0.3) is 11.2 Å². The lowest BCUT2D eigenvalue weighted by molar-refractivity contribution is 0.459. The first-order chi connectivity index (χ1) is 14.1. The summed E-state index contributed by atoms with van der Waals surface area (Å²) in [6.07, 6.45) is 3.24. The average molecular weight is 385 g/mol. The second-order valence-corrected chi connectivity index (χ2v) is 6.61. The summed E-state index contributed by atoms with van der Waals surface area (Å²) in [5.41, 5.74) is 11.0. The van der Waals surface area contributed by atoms with Crippen LogP contribution in [0.1, 0.15) is 16.8 Å².